The lowest BCUT2D eigenvalue weighted by Crippen LogP contribution is -2.13. The summed E-state index contributed by atoms with van der Waals surface area (Å²) in [5.74, 6) is -0.422. The molecule has 1 heterocycles. The molecule has 0 bridgehead atoms. The van der Waals surface area contributed by atoms with E-state index < -0.39 is 5.82 Å². The molecule has 3 rings (SSSR count). The molecule has 0 aliphatic carbocycles. The fourth-order valence-electron chi connectivity index (χ4n) is 2.48. The standard InChI is InChI=1S/C19H19FN4O/c1-2-3-13-21-22-18-17(15-11-7-8-12-16(15)20)23-24(19(18)25)14-9-5-4-6-10-14/h4-12,23H,2-3,13H2,1H3. The number of rotatable bonds is 6. The van der Waals surface area contributed by atoms with Crippen LogP contribution >= 0.6 is 0 Å². The van der Waals surface area contributed by atoms with Crippen molar-refractivity contribution in [2.24, 2.45) is 10.2 Å². The Kier molecular flexibility index (Phi) is 5.18. The molecule has 5 nitrogen and oxygen atoms in total. The third kappa shape index (κ3) is 3.57. The van der Waals surface area contributed by atoms with Crippen LogP contribution in [0.3, 0.4) is 0 Å². The molecule has 25 heavy (non-hydrogen) atoms. The molecule has 0 amide bonds. The lowest BCUT2D eigenvalue weighted by Gasteiger charge is -2.02. The van der Waals surface area contributed by atoms with Gasteiger partial charge in [0.25, 0.3) is 5.56 Å². The number of aromatic nitrogens is 2. The minimum atomic E-state index is -0.422. The molecule has 0 unspecified atom stereocenters. The van der Waals surface area contributed by atoms with Gasteiger partial charge >= 0.3 is 0 Å². The van der Waals surface area contributed by atoms with Crippen molar-refractivity contribution in [3.8, 4) is 16.9 Å². The summed E-state index contributed by atoms with van der Waals surface area (Å²) < 4.78 is 15.6. The molecule has 0 aliphatic rings. The minimum Gasteiger partial charge on any atom is -0.288 e. The lowest BCUT2D eigenvalue weighted by atomic mass is 10.1. The van der Waals surface area contributed by atoms with E-state index in [1.54, 1.807) is 30.3 Å². The Morgan fingerprint density at radius 1 is 1.08 bits per heavy atom. The van der Waals surface area contributed by atoms with E-state index in [0.717, 1.165) is 12.8 Å². The van der Waals surface area contributed by atoms with Crippen LogP contribution in [0.5, 0.6) is 0 Å². The summed E-state index contributed by atoms with van der Waals surface area (Å²) in [6.07, 6.45) is 1.87. The predicted octanol–water partition coefficient (Wildman–Crippen LogP) is 4.86. The number of H-pyrrole nitrogens is 1. The Labute approximate surface area is 144 Å². The normalized spacial score (nSPS) is 11.3. The molecule has 1 N–H and O–H groups in total. The summed E-state index contributed by atoms with van der Waals surface area (Å²) in [7, 11) is 0. The molecule has 0 radical (unpaired) electrons. The van der Waals surface area contributed by atoms with Gasteiger partial charge in [-0.2, -0.15) is 5.11 Å². The van der Waals surface area contributed by atoms with Crippen molar-refractivity contribution in [2.75, 3.05) is 6.54 Å². The first-order valence-corrected chi connectivity index (χ1v) is 8.25. The molecular formula is C19H19FN4O. The molecule has 0 aliphatic heterocycles. The summed E-state index contributed by atoms with van der Waals surface area (Å²) in [6, 6.07) is 15.4. The third-order valence-electron chi connectivity index (χ3n) is 3.81. The van der Waals surface area contributed by atoms with Crippen LogP contribution < -0.4 is 5.56 Å². The zero-order chi connectivity index (χ0) is 17.6. The maximum Gasteiger partial charge on any atom is 0.299 e. The quantitative estimate of drug-likeness (QED) is 0.506. The van der Waals surface area contributed by atoms with Gasteiger partial charge in [-0.1, -0.05) is 43.7 Å². The fraction of sp³-hybridized carbons (Fsp3) is 0.211. The fourth-order valence-corrected chi connectivity index (χ4v) is 2.48. The molecule has 0 saturated heterocycles. The van der Waals surface area contributed by atoms with Gasteiger partial charge in [0.2, 0.25) is 0 Å². The van der Waals surface area contributed by atoms with Gasteiger partial charge < -0.3 is 0 Å². The van der Waals surface area contributed by atoms with Crippen LogP contribution in [0.4, 0.5) is 10.1 Å². The molecule has 0 saturated carbocycles. The van der Waals surface area contributed by atoms with E-state index in [2.05, 4.69) is 22.3 Å². The second-order valence-corrected chi connectivity index (χ2v) is 5.61. The van der Waals surface area contributed by atoms with Crippen molar-refractivity contribution in [1.29, 1.82) is 0 Å². The van der Waals surface area contributed by atoms with Gasteiger partial charge in [-0.15, -0.1) is 5.11 Å². The maximum absolute atomic E-state index is 14.2. The zero-order valence-electron chi connectivity index (χ0n) is 13.9. The van der Waals surface area contributed by atoms with Gasteiger partial charge in [0.15, 0.2) is 5.69 Å². The Balaban J connectivity index is 2.14. The molecular weight excluding hydrogens is 319 g/mol. The van der Waals surface area contributed by atoms with Crippen molar-refractivity contribution in [1.82, 2.24) is 9.78 Å². The number of unbranched alkanes of at least 4 members (excludes halogenated alkanes) is 1. The van der Waals surface area contributed by atoms with Crippen LogP contribution in [0, 0.1) is 5.82 Å². The molecule has 0 fully saturated rings. The monoisotopic (exact) mass is 338 g/mol. The van der Waals surface area contributed by atoms with Crippen LogP contribution in [0.1, 0.15) is 19.8 Å². The highest BCUT2D eigenvalue weighted by atomic mass is 19.1. The van der Waals surface area contributed by atoms with Gasteiger partial charge in [0.1, 0.15) is 5.82 Å². The number of benzene rings is 2. The van der Waals surface area contributed by atoms with Gasteiger partial charge in [0, 0.05) is 5.56 Å². The smallest absolute Gasteiger partial charge is 0.288 e. The van der Waals surface area contributed by atoms with Crippen LogP contribution in [0.2, 0.25) is 0 Å². The summed E-state index contributed by atoms with van der Waals surface area (Å²) in [4.78, 5) is 12.8. The molecule has 6 heteroatoms. The Bertz CT molecular complexity index is 928. The van der Waals surface area contributed by atoms with E-state index in [0.29, 0.717) is 23.5 Å². The molecule has 2 aromatic carbocycles. The first-order valence-electron chi connectivity index (χ1n) is 8.25. The highest BCUT2D eigenvalue weighted by Crippen LogP contribution is 2.28. The second-order valence-electron chi connectivity index (χ2n) is 5.61. The highest BCUT2D eigenvalue weighted by Gasteiger charge is 2.19. The highest BCUT2D eigenvalue weighted by molar-refractivity contribution is 5.72. The molecule has 3 aromatic rings. The molecule has 0 spiro atoms. The Morgan fingerprint density at radius 3 is 2.52 bits per heavy atom. The van der Waals surface area contributed by atoms with Crippen LogP contribution in [0.15, 0.2) is 69.6 Å². The van der Waals surface area contributed by atoms with Crippen LogP contribution in [0.25, 0.3) is 16.9 Å². The van der Waals surface area contributed by atoms with Gasteiger partial charge in [-0.3, -0.25) is 9.89 Å². The van der Waals surface area contributed by atoms with Crippen molar-refractivity contribution in [2.45, 2.75) is 19.8 Å². The number of halogens is 1. The van der Waals surface area contributed by atoms with E-state index >= 15 is 0 Å². The number of nitrogens with one attached hydrogen (secondary N) is 1. The maximum atomic E-state index is 14.2. The van der Waals surface area contributed by atoms with Crippen LogP contribution in [-0.4, -0.2) is 16.3 Å². The van der Waals surface area contributed by atoms with E-state index in [1.807, 2.05) is 18.2 Å². The minimum absolute atomic E-state index is 0.116. The summed E-state index contributed by atoms with van der Waals surface area (Å²) in [5, 5.41) is 11.2. The number of hydrogen-bond donors (Lipinski definition) is 1. The average Bonchev–Trinajstić information content (AvgIpc) is 2.96. The van der Waals surface area contributed by atoms with Crippen molar-refractivity contribution in [3.63, 3.8) is 0 Å². The number of hydrogen-bond acceptors (Lipinski definition) is 3. The predicted molar refractivity (Wildman–Crippen MR) is 96.1 cm³/mol. The Morgan fingerprint density at radius 2 is 1.80 bits per heavy atom. The molecule has 1 aromatic heterocycles. The largest absolute Gasteiger partial charge is 0.299 e. The first-order chi connectivity index (χ1) is 12.2. The number of azo groups is 1. The number of nitrogens with zero attached hydrogens (tertiary/aromatic N) is 3. The zero-order valence-corrected chi connectivity index (χ0v) is 13.9. The summed E-state index contributed by atoms with van der Waals surface area (Å²) in [6.45, 7) is 2.59. The van der Waals surface area contributed by atoms with Gasteiger partial charge in [-0.25, -0.2) is 9.07 Å². The average molecular weight is 338 g/mol. The van der Waals surface area contributed by atoms with Crippen LogP contribution in [-0.2, 0) is 0 Å². The lowest BCUT2D eigenvalue weighted by molar-refractivity contribution is 0.630. The topological polar surface area (TPSA) is 62.5 Å². The van der Waals surface area contributed by atoms with E-state index in [-0.39, 0.29) is 11.2 Å². The first kappa shape index (κ1) is 16.8. The van der Waals surface area contributed by atoms with E-state index in [4.69, 9.17) is 0 Å². The van der Waals surface area contributed by atoms with Gasteiger partial charge in [0.05, 0.1) is 17.9 Å². The SMILES string of the molecule is CCCCN=Nc1c(-c2ccccc2F)[nH]n(-c2ccccc2)c1=O. The number of aromatic amines is 1. The van der Waals surface area contributed by atoms with Crippen molar-refractivity contribution >= 4 is 5.69 Å². The Hall–Kier alpha value is -3.02. The van der Waals surface area contributed by atoms with Crippen molar-refractivity contribution < 1.29 is 4.39 Å². The van der Waals surface area contributed by atoms with E-state index in [1.165, 1.54) is 10.7 Å². The molecule has 0 atom stereocenters. The number of para-hydroxylation sites is 1. The molecule has 128 valence electrons. The summed E-state index contributed by atoms with van der Waals surface area (Å²) >= 11 is 0. The van der Waals surface area contributed by atoms with Gasteiger partial charge in [-0.05, 0) is 30.7 Å². The van der Waals surface area contributed by atoms with Crippen molar-refractivity contribution in [3.05, 3.63) is 70.8 Å². The third-order valence-corrected chi connectivity index (χ3v) is 3.81. The van der Waals surface area contributed by atoms with E-state index in [9.17, 15) is 9.18 Å². The second kappa shape index (κ2) is 7.70. The summed E-state index contributed by atoms with van der Waals surface area (Å²) in [5.41, 5.74) is 1.03.